The van der Waals surface area contributed by atoms with Gasteiger partial charge in [-0.25, -0.2) is 0 Å². The minimum atomic E-state index is 0.640. The molecule has 1 heterocycles. The van der Waals surface area contributed by atoms with Gasteiger partial charge in [0.15, 0.2) is 0 Å². The quantitative estimate of drug-likeness (QED) is 0.589. The van der Waals surface area contributed by atoms with Crippen molar-refractivity contribution in [3.8, 4) is 22.4 Å². The lowest BCUT2D eigenvalue weighted by atomic mass is 10.0. The standard InChI is InChI=1S/C17H11Cl2N/c18-15-9-14(10-16(19)11-15)12-4-6-13(7-5-12)17-3-1-2-8-20-17/h1-11H. The van der Waals surface area contributed by atoms with Crippen LogP contribution in [0.3, 0.4) is 0 Å². The summed E-state index contributed by atoms with van der Waals surface area (Å²) in [6.07, 6.45) is 1.79. The van der Waals surface area contributed by atoms with Crippen molar-refractivity contribution < 1.29 is 0 Å². The van der Waals surface area contributed by atoms with E-state index in [4.69, 9.17) is 23.2 Å². The highest BCUT2D eigenvalue weighted by atomic mass is 35.5. The summed E-state index contributed by atoms with van der Waals surface area (Å²) >= 11 is 12.1. The van der Waals surface area contributed by atoms with Crippen molar-refractivity contribution in [2.75, 3.05) is 0 Å². The van der Waals surface area contributed by atoms with Crippen molar-refractivity contribution >= 4 is 23.2 Å². The van der Waals surface area contributed by atoms with Crippen LogP contribution in [0.5, 0.6) is 0 Å². The van der Waals surface area contributed by atoms with Crippen molar-refractivity contribution in [3.05, 3.63) is 76.9 Å². The molecule has 98 valence electrons. The zero-order chi connectivity index (χ0) is 13.9. The molecule has 0 fully saturated rings. The SMILES string of the molecule is Clc1cc(Cl)cc(-c2ccc(-c3ccccn3)cc2)c1. The summed E-state index contributed by atoms with van der Waals surface area (Å²) in [6, 6.07) is 19.6. The van der Waals surface area contributed by atoms with Gasteiger partial charge in [0.25, 0.3) is 0 Å². The summed E-state index contributed by atoms with van der Waals surface area (Å²) < 4.78 is 0. The number of hydrogen-bond acceptors (Lipinski definition) is 1. The molecule has 0 radical (unpaired) electrons. The third-order valence-electron chi connectivity index (χ3n) is 3.04. The zero-order valence-corrected chi connectivity index (χ0v) is 12.1. The second-order valence-corrected chi connectivity index (χ2v) is 5.32. The molecule has 0 aliphatic heterocycles. The summed E-state index contributed by atoms with van der Waals surface area (Å²) in [5.41, 5.74) is 4.13. The predicted molar refractivity (Wildman–Crippen MR) is 85.1 cm³/mol. The number of rotatable bonds is 2. The van der Waals surface area contributed by atoms with Crippen LogP contribution in [-0.4, -0.2) is 4.98 Å². The molecule has 0 N–H and O–H groups in total. The second kappa shape index (κ2) is 5.66. The molecule has 0 amide bonds. The fourth-order valence-corrected chi connectivity index (χ4v) is 2.61. The van der Waals surface area contributed by atoms with Crippen molar-refractivity contribution in [2.45, 2.75) is 0 Å². The van der Waals surface area contributed by atoms with Crippen molar-refractivity contribution in [1.29, 1.82) is 0 Å². The fraction of sp³-hybridized carbons (Fsp3) is 0. The van der Waals surface area contributed by atoms with Crippen LogP contribution in [0.15, 0.2) is 66.9 Å². The van der Waals surface area contributed by atoms with Crippen LogP contribution in [0.1, 0.15) is 0 Å². The molecule has 0 bridgehead atoms. The third kappa shape index (κ3) is 2.84. The molecule has 0 spiro atoms. The molecule has 0 saturated heterocycles. The van der Waals surface area contributed by atoms with Crippen molar-refractivity contribution in [2.24, 2.45) is 0 Å². The molecule has 0 aliphatic rings. The Hall–Kier alpha value is -1.83. The monoisotopic (exact) mass is 299 g/mol. The molecule has 0 unspecified atom stereocenters. The first-order valence-corrected chi connectivity index (χ1v) is 6.96. The third-order valence-corrected chi connectivity index (χ3v) is 3.48. The normalized spacial score (nSPS) is 10.5. The number of nitrogens with zero attached hydrogens (tertiary/aromatic N) is 1. The van der Waals surface area contributed by atoms with Crippen molar-refractivity contribution in [1.82, 2.24) is 4.98 Å². The zero-order valence-electron chi connectivity index (χ0n) is 10.6. The number of hydrogen-bond donors (Lipinski definition) is 0. The Balaban J connectivity index is 1.97. The van der Waals surface area contributed by atoms with Gasteiger partial charge in [-0.1, -0.05) is 53.5 Å². The topological polar surface area (TPSA) is 12.9 Å². The average Bonchev–Trinajstić information content (AvgIpc) is 2.47. The molecule has 3 rings (SSSR count). The van der Waals surface area contributed by atoms with E-state index in [1.807, 2.05) is 54.6 Å². The highest BCUT2D eigenvalue weighted by molar-refractivity contribution is 6.35. The molecule has 1 nitrogen and oxygen atoms in total. The lowest BCUT2D eigenvalue weighted by Crippen LogP contribution is -1.83. The van der Waals surface area contributed by atoms with E-state index in [0.29, 0.717) is 10.0 Å². The van der Waals surface area contributed by atoms with Crippen LogP contribution in [0, 0.1) is 0 Å². The first kappa shape index (κ1) is 13.2. The number of aromatic nitrogens is 1. The molecule has 3 aromatic rings. The molecule has 3 heteroatoms. The highest BCUT2D eigenvalue weighted by Gasteiger charge is 2.03. The van der Waals surface area contributed by atoms with E-state index < -0.39 is 0 Å². The van der Waals surface area contributed by atoms with Gasteiger partial charge < -0.3 is 0 Å². The molecule has 1 aromatic heterocycles. The lowest BCUT2D eigenvalue weighted by molar-refractivity contribution is 1.33. The average molecular weight is 300 g/mol. The van der Waals surface area contributed by atoms with Crippen LogP contribution in [0.25, 0.3) is 22.4 Å². The van der Waals surface area contributed by atoms with Gasteiger partial charge in [-0.2, -0.15) is 0 Å². The molecular formula is C17H11Cl2N. The van der Waals surface area contributed by atoms with Gasteiger partial charge in [0, 0.05) is 21.8 Å². The van der Waals surface area contributed by atoms with Gasteiger partial charge >= 0.3 is 0 Å². The van der Waals surface area contributed by atoms with Gasteiger partial charge in [-0.15, -0.1) is 0 Å². The van der Waals surface area contributed by atoms with E-state index in [1.54, 1.807) is 12.3 Å². The summed E-state index contributed by atoms with van der Waals surface area (Å²) in [6.45, 7) is 0. The Morgan fingerprint density at radius 2 is 1.30 bits per heavy atom. The molecular weight excluding hydrogens is 289 g/mol. The lowest BCUT2D eigenvalue weighted by Gasteiger charge is -2.05. The summed E-state index contributed by atoms with van der Waals surface area (Å²) in [5, 5.41) is 1.28. The first-order valence-electron chi connectivity index (χ1n) is 6.20. The van der Waals surface area contributed by atoms with Gasteiger partial charge in [0.1, 0.15) is 0 Å². The van der Waals surface area contributed by atoms with Crippen LogP contribution in [0.2, 0.25) is 10.0 Å². The molecule has 20 heavy (non-hydrogen) atoms. The fourth-order valence-electron chi connectivity index (χ4n) is 2.09. The largest absolute Gasteiger partial charge is 0.256 e. The maximum Gasteiger partial charge on any atom is 0.0701 e. The van der Waals surface area contributed by atoms with Crippen molar-refractivity contribution in [3.63, 3.8) is 0 Å². The van der Waals surface area contributed by atoms with E-state index in [-0.39, 0.29) is 0 Å². The van der Waals surface area contributed by atoms with Gasteiger partial charge in [0.2, 0.25) is 0 Å². The van der Waals surface area contributed by atoms with E-state index >= 15 is 0 Å². The summed E-state index contributed by atoms with van der Waals surface area (Å²) in [7, 11) is 0. The first-order chi connectivity index (χ1) is 9.72. The van der Waals surface area contributed by atoms with Gasteiger partial charge in [-0.3, -0.25) is 4.98 Å². The summed E-state index contributed by atoms with van der Waals surface area (Å²) in [4.78, 5) is 4.34. The number of halogens is 2. The van der Waals surface area contributed by atoms with E-state index in [1.165, 1.54) is 0 Å². The van der Waals surface area contributed by atoms with Crippen LogP contribution in [0.4, 0.5) is 0 Å². The number of pyridine rings is 1. The molecule has 0 aliphatic carbocycles. The van der Waals surface area contributed by atoms with Gasteiger partial charge in [0.05, 0.1) is 5.69 Å². The maximum atomic E-state index is 6.03. The maximum absolute atomic E-state index is 6.03. The van der Waals surface area contributed by atoms with Crippen LogP contribution >= 0.6 is 23.2 Å². The molecule has 0 saturated carbocycles. The van der Waals surface area contributed by atoms with Crippen LogP contribution < -0.4 is 0 Å². The summed E-state index contributed by atoms with van der Waals surface area (Å²) in [5.74, 6) is 0. The van der Waals surface area contributed by atoms with E-state index in [0.717, 1.165) is 22.4 Å². The highest BCUT2D eigenvalue weighted by Crippen LogP contribution is 2.28. The Bertz CT molecular complexity index is 701. The van der Waals surface area contributed by atoms with Gasteiger partial charge in [-0.05, 0) is 41.5 Å². The Morgan fingerprint density at radius 3 is 1.90 bits per heavy atom. The van der Waals surface area contributed by atoms with E-state index in [9.17, 15) is 0 Å². The number of benzene rings is 2. The smallest absolute Gasteiger partial charge is 0.0701 e. The molecule has 0 atom stereocenters. The Morgan fingerprint density at radius 1 is 0.650 bits per heavy atom. The van der Waals surface area contributed by atoms with E-state index in [2.05, 4.69) is 4.98 Å². The second-order valence-electron chi connectivity index (χ2n) is 4.45. The minimum absolute atomic E-state index is 0.640. The minimum Gasteiger partial charge on any atom is -0.256 e. The Labute approximate surface area is 127 Å². The molecule has 2 aromatic carbocycles. The predicted octanol–water partition coefficient (Wildman–Crippen LogP) is 5.72. The van der Waals surface area contributed by atoms with Crippen LogP contribution in [-0.2, 0) is 0 Å². The Kier molecular flexibility index (Phi) is 3.72.